The molecule has 2 N–H and O–H groups in total. The summed E-state index contributed by atoms with van der Waals surface area (Å²) in [5.41, 5.74) is 7.79. The molecule has 2 rings (SSSR count). The van der Waals surface area contributed by atoms with Crippen LogP contribution in [0.2, 0.25) is 0 Å². The third-order valence-corrected chi connectivity index (χ3v) is 3.32. The summed E-state index contributed by atoms with van der Waals surface area (Å²) in [7, 11) is 0. The zero-order valence-electron chi connectivity index (χ0n) is 9.72. The van der Waals surface area contributed by atoms with Crippen LogP contribution in [0, 0.1) is 0 Å². The average Bonchev–Trinajstić information content (AvgIpc) is 2.63. The fourth-order valence-corrected chi connectivity index (χ4v) is 2.34. The Bertz CT molecular complexity index is 534. The van der Waals surface area contributed by atoms with E-state index in [1.807, 2.05) is 30.0 Å². The van der Waals surface area contributed by atoms with Crippen LogP contribution in [-0.2, 0) is 13.0 Å². The minimum Gasteiger partial charge on any atom is -0.393 e. The summed E-state index contributed by atoms with van der Waals surface area (Å²) in [5, 5.41) is 0. The Morgan fingerprint density at radius 3 is 2.94 bits per heavy atom. The molecule has 0 aliphatic heterocycles. The fourth-order valence-electron chi connectivity index (χ4n) is 1.85. The van der Waals surface area contributed by atoms with Crippen molar-refractivity contribution in [2.75, 3.05) is 12.0 Å². The number of para-hydroxylation sites is 2. The van der Waals surface area contributed by atoms with Crippen molar-refractivity contribution in [1.29, 1.82) is 0 Å². The van der Waals surface area contributed by atoms with Gasteiger partial charge in [-0.3, -0.25) is 0 Å². The number of hydrogen-bond donors (Lipinski definition) is 1. The van der Waals surface area contributed by atoms with E-state index in [4.69, 9.17) is 18.0 Å². The van der Waals surface area contributed by atoms with Crippen LogP contribution < -0.4 is 5.73 Å². The zero-order valence-corrected chi connectivity index (χ0v) is 11.4. The molecule has 1 heterocycles. The molecule has 90 valence electrons. The van der Waals surface area contributed by atoms with E-state index in [-0.39, 0.29) is 0 Å². The molecule has 0 aliphatic carbocycles. The topological polar surface area (TPSA) is 43.8 Å². The number of aromatic nitrogens is 2. The number of fused-ring (bicyclic) bond motifs is 1. The van der Waals surface area contributed by atoms with Crippen molar-refractivity contribution >= 4 is 40.0 Å². The molecule has 0 unspecified atom stereocenters. The molecule has 17 heavy (non-hydrogen) atoms. The summed E-state index contributed by atoms with van der Waals surface area (Å²) in [5.74, 6) is 2.03. The number of nitrogens with two attached hydrogens (primary N) is 1. The molecule has 0 saturated carbocycles. The molecule has 1 aromatic carbocycles. The van der Waals surface area contributed by atoms with Gasteiger partial charge in [0.2, 0.25) is 0 Å². The maximum atomic E-state index is 5.62. The van der Waals surface area contributed by atoms with Gasteiger partial charge < -0.3 is 10.3 Å². The monoisotopic (exact) mass is 265 g/mol. The number of thiocarbonyl (C=S) groups is 1. The number of hydrogen-bond acceptors (Lipinski definition) is 3. The molecule has 0 aliphatic rings. The van der Waals surface area contributed by atoms with Crippen LogP contribution in [0.1, 0.15) is 5.82 Å². The molecule has 0 radical (unpaired) electrons. The molecule has 1 aromatic heterocycles. The van der Waals surface area contributed by atoms with Gasteiger partial charge in [0.15, 0.2) is 0 Å². The van der Waals surface area contributed by atoms with Crippen molar-refractivity contribution in [1.82, 2.24) is 9.55 Å². The lowest BCUT2D eigenvalue weighted by Gasteiger charge is -2.07. The maximum absolute atomic E-state index is 5.62. The van der Waals surface area contributed by atoms with Gasteiger partial charge in [-0.05, 0) is 18.4 Å². The Morgan fingerprint density at radius 2 is 2.24 bits per heavy atom. The number of aryl methyl sites for hydroxylation is 1. The molecule has 2 aromatic rings. The van der Waals surface area contributed by atoms with Crippen LogP contribution >= 0.6 is 24.0 Å². The number of benzene rings is 1. The van der Waals surface area contributed by atoms with E-state index in [0.717, 1.165) is 29.2 Å². The third-order valence-electron chi connectivity index (χ3n) is 2.58. The van der Waals surface area contributed by atoms with Gasteiger partial charge in [0.05, 0.1) is 22.4 Å². The molecule has 0 bridgehead atoms. The van der Waals surface area contributed by atoms with E-state index >= 15 is 0 Å². The van der Waals surface area contributed by atoms with E-state index in [0.29, 0.717) is 11.4 Å². The van der Waals surface area contributed by atoms with Gasteiger partial charge in [0, 0.05) is 12.3 Å². The predicted molar refractivity (Wildman–Crippen MR) is 78.6 cm³/mol. The van der Waals surface area contributed by atoms with Gasteiger partial charge in [0.25, 0.3) is 0 Å². The first-order valence-corrected chi connectivity index (χ1v) is 7.24. The minimum absolute atomic E-state index is 0.491. The molecule has 5 heteroatoms. The first kappa shape index (κ1) is 12.4. The largest absolute Gasteiger partial charge is 0.393 e. The van der Waals surface area contributed by atoms with E-state index in [2.05, 4.69) is 21.9 Å². The van der Waals surface area contributed by atoms with Crippen LogP contribution in [0.25, 0.3) is 11.0 Å². The van der Waals surface area contributed by atoms with Gasteiger partial charge in [0.1, 0.15) is 5.82 Å². The molecular weight excluding hydrogens is 250 g/mol. The summed E-state index contributed by atoms with van der Waals surface area (Å²) in [6.45, 7) is 0.944. The standard InChI is InChI=1S/C12H15N3S2/c1-17-7-6-15-10-5-3-2-4-9(10)14-12(15)8-11(13)16/h2-5H,6-8H2,1H3,(H2,13,16). The SMILES string of the molecule is CSCCn1c(CC(N)=S)nc2ccccc21. The molecule has 0 fully saturated rings. The minimum atomic E-state index is 0.491. The van der Waals surface area contributed by atoms with Crippen molar-refractivity contribution < 1.29 is 0 Å². The molecular formula is C12H15N3S2. The van der Waals surface area contributed by atoms with Gasteiger partial charge in [-0.1, -0.05) is 24.4 Å². The highest BCUT2D eigenvalue weighted by Gasteiger charge is 2.10. The zero-order chi connectivity index (χ0) is 12.3. The number of rotatable bonds is 5. The maximum Gasteiger partial charge on any atom is 0.116 e. The molecule has 0 atom stereocenters. The highest BCUT2D eigenvalue weighted by atomic mass is 32.2. The second-order valence-electron chi connectivity index (χ2n) is 3.80. The van der Waals surface area contributed by atoms with Gasteiger partial charge >= 0.3 is 0 Å². The lowest BCUT2D eigenvalue weighted by molar-refractivity contribution is 0.751. The normalized spacial score (nSPS) is 10.9. The quantitative estimate of drug-likeness (QED) is 0.842. The Kier molecular flexibility index (Phi) is 4.02. The summed E-state index contributed by atoms with van der Waals surface area (Å²) in [6, 6.07) is 8.14. The summed E-state index contributed by atoms with van der Waals surface area (Å²) >= 11 is 6.80. The van der Waals surface area contributed by atoms with E-state index in [1.165, 1.54) is 0 Å². The Labute approximate surface area is 110 Å². The van der Waals surface area contributed by atoms with Gasteiger partial charge in [-0.15, -0.1) is 0 Å². The van der Waals surface area contributed by atoms with Crippen LogP contribution in [-0.4, -0.2) is 26.5 Å². The summed E-state index contributed by atoms with van der Waals surface area (Å²) in [6.07, 6.45) is 2.67. The highest BCUT2D eigenvalue weighted by Crippen LogP contribution is 2.17. The van der Waals surface area contributed by atoms with Gasteiger partial charge in [-0.25, -0.2) is 4.98 Å². The second kappa shape index (κ2) is 5.51. The Hall–Kier alpha value is -1.07. The smallest absolute Gasteiger partial charge is 0.116 e. The molecule has 0 amide bonds. The summed E-state index contributed by atoms with van der Waals surface area (Å²) < 4.78 is 2.21. The highest BCUT2D eigenvalue weighted by molar-refractivity contribution is 7.98. The first-order chi connectivity index (χ1) is 8.22. The van der Waals surface area contributed by atoms with Crippen LogP contribution in [0.3, 0.4) is 0 Å². The van der Waals surface area contributed by atoms with E-state index in [1.54, 1.807) is 0 Å². The van der Waals surface area contributed by atoms with Crippen molar-refractivity contribution in [3.63, 3.8) is 0 Å². The van der Waals surface area contributed by atoms with Crippen LogP contribution in [0.4, 0.5) is 0 Å². The van der Waals surface area contributed by atoms with Gasteiger partial charge in [-0.2, -0.15) is 11.8 Å². The van der Waals surface area contributed by atoms with Crippen molar-refractivity contribution in [2.45, 2.75) is 13.0 Å². The first-order valence-electron chi connectivity index (χ1n) is 5.43. The second-order valence-corrected chi connectivity index (χ2v) is 5.31. The molecule has 0 spiro atoms. The van der Waals surface area contributed by atoms with Crippen molar-refractivity contribution in [3.05, 3.63) is 30.1 Å². The number of imidazole rings is 1. The molecule has 3 nitrogen and oxygen atoms in total. The van der Waals surface area contributed by atoms with E-state index in [9.17, 15) is 0 Å². The van der Waals surface area contributed by atoms with Crippen molar-refractivity contribution in [2.24, 2.45) is 5.73 Å². The average molecular weight is 265 g/mol. The number of thioether (sulfide) groups is 1. The predicted octanol–water partition coefficient (Wildman–Crippen LogP) is 2.23. The Balaban J connectivity index is 2.44. The summed E-state index contributed by atoms with van der Waals surface area (Å²) in [4.78, 5) is 5.08. The fraction of sp³-hybridized carbons (Fsp3) is 0.333. The van der Waals surface area contributed by atoms with Crippen molar-refractivity contribution in [3.8, 4) is 0 Å². The Morgan fingerprint density at radius 1 is 1.47 bits per heavy atom. The lowest BCUT2D eigenvalue weighted by Crippen LogP contribution is -2.16. The van der Waals surface area contributed by atoms with Crippen LogP contribution in [0.5, 0.6) is 0 Å². The number of nitrogens with zero attached hydrogens (tertiary/aromatic N) is 2. The van der Waals surface area contributed by atoms with E-state index < -0.39 is 0 Å². The van der Waals surface area contributed by atoms with Crippen LogP contribution in [0.15, 0.2) is 24.3 Å². The third kappa shape index (κ3) is 2.79. The lowest BCUT2D eigenvalue weighted by atomic mass is 10.3. The molecule has 0 saturated heterocycles.